The fourth-order valence-electron chi connectivity index (χ4n) is 5.17. The van der Waals surface area contributed by atoms with E-state index in [9.17, 15) is 9.90 Å². The Labute approximate surface area is 203 Å². The van der Waals surface area contributed by atoms with Gasteiger partial charge in [-0.1, -0.05) is 42.5 Å². The van der Waals surface area contributed by atoms with Crippen LogP contribution in [-0.2, 0) is 4.74 Å². The van der Waals surface area contributed by atoms with Crippen molar-refractivity contribution in [1.82, 2.24) is 9.80 Å². The van der Waals surface area contributed by atoms with Gasteiger partial charge in [-0.3, -0.25) is 4.90 Å². The number of halogens is 1. The molecule has 0 radical (unpaired) electrons. The number of furan rings is 1. The number of fused-ring (bicyclic) bond motifs is 3. The lowest BCUT2D eigenvalue weighted by molar-refractivity contribution is 0.0526. The van der Waals surface area contributed by atoms with Crippen molar-refractivity contribution >= 4 is 27.7 Å². The van der Waals surface area contributed by atoms with Crippen LogP contribution in [0, 0.1) is 12.7 Å². The molecule has 0 spiro atoms. The normalized spacial score (nSPS) is 16.1. The number of nitrogens with zero attached hydrogens (tertiary/aromatic N) is 2. The van der Waals surface area contributed by atoms with Crippen molar-refractivity contribution in [2.75, 3.05) is 39.8 Å². The molecule has 35 heavy (non-hydrogen) atoms. The van der Waals surface area contributed by atoms with Gasteiger partial charge < -0.3 is 19.2 Å². The molecule has 1 aromatic heterocycles. The Morgan fingerprint density at radius 3 is 2.43 bits per heavy atom. The number of benzene rings is 3. The Kier molecular flexibility index (Phi) is 6.21. The number of hydrogen-bond donors (Lipinski definition) is 1. The van der Waals surface area contributed by atoms with Gasteiger partial charge in [0.25, 0.3) is 0 Å². The maximum Gasteiger partial charge on any atom is 0.342 e. The van der Waals surface area contributed by atoms with Gasteiger partial charge in [0.15, 0.2) is 0 Å². The second-order valence-corrected chi connectivity index (χ2v) is 9.03. The number of piperazine rings is 1. The molecule has 0 amide bonds. The number of likely N-dealkylation sites (N-methyl/N-ethyl adjacent to an activating group) is 1. The Hall–Kier alpha value is -3.42. The molecule has 2 heterocycles. The quantitative estimate of drug-likeness (QED) is 0.397. The van der Waals surface area contributed by atoms with E-state index in [2.05, 4.69) is 16.8 Å². The second kappa shape index (κ2) is 9.32. The van der Waals surface area contributed by atoms with Crippen molar-refractivity contribution in [3.63, 3.8) is 0 Å². The predicted octanol–water partition coefficient (Wildman–Crippen LogP) is 5.25. The van der Waals surface area contributed by atoms with Gasteiger partial charge in [0.1, 0.15) is 28.5 Å². The van der Waals surface area contributed by atoms with Gasteiger partial charge in [-0.15, -0.1) is 0 Å². The SMILES string of the molecule is CCOC(=O)c1c(C)oc2c1c(C(c1ccccc1F)N1CCN(C)CC1)c(O)c1ccccc12. The van der Waals surface area contributed by atoms with Crippen LogP contribution in [-0.4, -0.2) is 60.7 Å². The van der Waals surface area contributed by atoms with Crippen LogP contribution < -0.4 is 0 Å². The van der Waals surface area contributed by atoms with E-state index in [1.54, 1.807) is 32.0 Å². The number of esters is 1. The Bertz CT molecular complexity index is 1410. The van der Waals surface area contributed by atoms with Crippen molar-refractivity contribution in [2.45, 2.75) is 19.9 Å². The van der Waals surface area contributed by atoms with Gasteiger partial charge in [-0.25, -0.2) is 9.18 Å². The molecule has 0 saturated carbocycles. The van der Waals surface area contributed by atoms with Crippen molar-refractivity contribution in [3.8, 4) is 5.75 Å². The summed E-state index contributed by atoms with van der Waals surface area (Å²) in [5, 5.41) is 13.5. The number of carbonyl (C=O) groups excluding carboxylic acids is 1. The average Bonchev–Trinajstić information content (AvgIpc) is 3.20. The van der Waals surface area contributed by atoms with Crippen LogP contribution in [0.5, 0.6) is 5.75 Å². The molecule has 1 atom stereocenters. The molecule has 1 aliphatic heterocycles. The topological polar surface area (TPSA) is 66.2 Å². The van der Waals surface area contributed by atoms with Crippen molar-refractivity contribution in [1.29, 1.82) is 0 Å². The summed E-state index contributed by atoms with van der Waals surface area (Å²) in [4.78, 5) is 17.5. The predicted molar refractivity (Wildman–Crippen MR) is 133 cm³/mol. The van der Waals surface area contributed by atoms with E-state index < -0.39 is 12.0 Å². The minimum atomic E-state index is -0.623. The summed E-state index contributed by atoms with van der Waals surface area (Å²) in [6.07, 6.45) is 0. The number of ether oxygens (including phenoxy) is 1. The summed E-state index contributed by atoms with van der Waals surface area (Å²) in [5.41, 5.74) is 1.67. The zero-order valence-electron chi connectivity index (χ0n) is 20.2. The molecule has 1 fully saturated rings. The van der Waals surface area contributed by atoms with Crippen molar-refractivity contribution < 1.29 is 23.4 Å². The molecule has 0 bridgehead atoms. The highest BCUT2D eigenvalue weighted by atomic mass is 19.1. The first-order valence-electron chi connectivity index (χ1n) is 11.9. The van der Waals surface area contributed by atoms with E-state index in [0.717, 1.165) is 13.1 Å². The maximum absolute atomic E-state index is 15.4. The first-order valence-corrected chi connectivity index (χ1v) is 11.9. The van der Waals surface area contributed by atoms with E-state index >= 15 is 4.39 Å². The van der Waals surface area contributed by atoms with Gasteiger partial charge in [0, 0.05) is 53.5 Å². The third kappa shape index (κ3) is 3.94. The highest BCUT2D eigenvalue weighted by Crippen LogP contribution is 2.47. The highest BCUT2D eigenvalue weighted by molar-refractivity contribution is 6.16. The third-order valence-corrected chi connectivity index (χ3v) is 6.89. The molecular formula is C28H29FN2O4. The van der Waals surface area contributed by atoms with Gasteiger partial charge >= 0.3 is 5.97 Å². The molecule has 4 aromatic rings. The molecule has 0 aliphatic carbocycles. The van der Waals surface area contributed by atoms with Crippen LogP contribution in [0.25, 0.3) is 21.7 Å². The standard InChI is InChI=1S/C28H29FN2O4/c1-4-34-28(33)22-17(2)35-27-19-10-6-5-9-18(19)26(32)24(23(22)27)25(20-11-7-8-12-21(20)29)31-15-13-30(3)14-16-31/h5-12,25,32H,4,13-16H2,1-3H3. The second-order valence-electron chi connectivity index (χ2n) is 9.03. The monoisotopic (exact) mass is 476 g/mol. The van der Waals surface area contributed by atoms with Gasteiger partial charge in [-0.2, -0.15) is 0 Å². The van der Waals surface area contributed by atoms with Crippen molar-refractivity contribution in [3.05, 3.63) is 76.8 Å². The lowest BCUT2D eigenvalue weighted by Gasteiger charge is -2.39. The number of phenols is 1. The first-order chi connectivity index (χ1) is 16.9. The molecule has 3 aromatic carbocycles. The van der Waals surface area contributed by atoms with E-state index in [1.807, 2.05) is 24.3 Å². The van der Waals surface area contributed by atoms with Crippen molar-refractivity contribution in [2.24, 2.45) is 0 Å². The van der Waals surface area contributed by atoms with Gasteiger partial charge in [-0.05, 0) is 27.0 Å². The van der Waals surface area contributed by atoms with Crippen LogP contribution in [0.2, 0.25) is 0 Å². The number of hydrogen-bond acceptors (Lipinski definition) is 6. The largest absolute Gasteiger partial charge is 0.507 e. The Morgan fingerprint density at radius 2 is 1.74 bits per heavy atom. The van der Waals surface area contributed by atoms with Crippen LogP contribution in [0.15, 0.2) is 52.9 Å². The van der Waals surface area contributed by atoms with Gasteiger partial charge in [0.2, 0.25) is 0 Å². The fourth-order valence-corrected chi connectivity index (χ4v) is 5.17. The number of carbonyl (C=O) groups is 1. The highest BCUT2D eigenvalue weighted by Gasteiger charge is 2.35. The fraction of sp³-hybridized carbons (Fsp3) is 0.321. The first kappa shape index (κ1) is 23.3. The summed E-state index contributed by atoms with van der Waals surface area (Å²) >= 11 is 0. The third-order valence-electron chi connectivity index (χ3n) is 6.89. The Balaban J connectivity index is 1.89. The smallest absolute Gasteiger partial charge is 0.342 e. The number of rotatable bonds is 5. The molecule has 5 rings (SSSR count). The zero-order valence-corrected chi connectivity index (χ0v) is 20.2. The molecule has 1 unspecified atom stereocenters. The summed E-state index contributed by atoms with van der Waals surface area (Å²) < 4.78 is 26.9. The average molecular weight is 477 g/mol. The number of phenolic OH excluding ortho intramolecular Hbond substituents is 1. The van der Waals surface area contributed by atoms with Crippen LogP contribution in [0.1, 0.15) is 40.2 Å². The van der Waals surface area contributed by atoms with Gasteiger partial charge in [0.05, 0.1) is 12.6 Å². The molecule has 182 valence electrons. The summed E-state index contributed by atoms with van der Waals surface area (Å²) in [7, 11) is 2.06. The lowest BCUT2D eigenvalue weighted by atomic mass is 9.88. The summed E-state index contributed by atoms with van der Waals surface area (Å²) in [5.74, 6) is -0.465. The van der Waals surface area contributed by atoms with E-state index in [-0.39, 0.29) is 23.7 Å². The Morgan fingerprint density at radius 1 is 1.09 bits per heavy atom. The van der Waals surface area contributed by atoms with E-state index in [4.69, 9.17) is 9.15 Å². The maximum atomic E-state index is 15.4. The number of aromatic hydroxyl groups is 1. The van der Waals surface area contributed by atoms with Crippen LogP contribution in [0.4, 0.5) is 4.39 Å². The molecule has 1 N–H and O–H groups in total. The van der Waals surface area contributed by atoms with Crippen LogP contribution >= 0.6 is 0 Å². The summed E-state index contributed by atoms with van der Waals surface area (Å²) in [6, 6.07) is 13.4. The van der Waals surface area contributed by atoms with E-state index in [0.29, 0.717) is 51.7 Å². The minimum Gasteiger partial charge on any atom is -0.507 e. The molecule has 1 aliphatic rings. The molecular weight excluding hydrogens is 447 g/mol. The van der Waals surface area contributed by atoms with E-state index in [1.165, 1.54) is 6.07 Å². The summed E-state index contributed by atoms with van der Waals surface area (Å²) in [6.45, 7) is 6.62. The lowest BCUT2D eigenvalue weighted by Crippen LogP contribution is -2.46. The van der Waals surface area contributed by atoms with Crippen LogP contribution in [0.3, 0.4) is 0 Å². The molecule has 6 nitrogen and oxygen atoms in total. The minimum absolute atomic E-state index is 0.0200. The molecule has 7 heteroatoms. The number of aryl methyl sites for hydroxylation is 1. The molecule has 1 saturated heterocycles. The zero-order chi connectivity index (χ0) is 24.7.